The fraction of sp³-hybridized carbons (Fsp3) is 0.917. The van der Waals surface area contributed by atoms with Crippen molar-refractivity contribution in [3.05, 3.63) is 0 Å². The Morgan fingerprint density at radius 1 is 1.53 bits per heavy atom. The Morgan fingerprint density at radius 2 is 2.13 bits per heavy atom. The maximum Gasteiger partial charge on any atom is 0.224 e. The summed E-state index contributed by atoms with van der Waals surface area (Å²) in [7, 11) is 0. The topological polar surface area (TPSA) is 46.3 Å². The summed E-state index contributed by atoms with van der Waals surface area (Å²) in [5, 5.41) is 0. The van der Waals surface area contributed by atoms with E-state index in [0.29, 0.717) is 23.8 Å². The predicted octanol–water partition coefficient (Wildman–Crippen LogP) is 1.37. The van der Waals surface area contributed by atoms with Gasteiger partial charge in [0, 0.05) is 19.0 Å². The number of amides is 1. The van der Waals surface area contributed by atoms with Crippen LogP contribution in [0, 0.1) is 11.3 Å². The van der Waals surface area contributed by atoms with Crippen molar-refractivity contribution in [2.75, 3.05) is 6.54 Å². The number of carbonyl (C=O) groups excluding carboxylic acids is 1. The molecule has 0 aromatic carbocycles. The normalized spacial score (nSPS) is 33.9. The van der Waals surface area contributed by atoms with Crippen LogP contribution in [0.15, 0.2) is 0 Å². The van der Waals surface area contributed by atoms with Gasteiger partial charge < -0.3 is 10.6 Å². The van der Waals surface area contributed by atoms with Gasteiger partial charge in [0.2, 0.25) is 5.91 Å². The molecule has 1 amide bonds. The van der Waals surface area contributed by atoms with Gasteiger partial charge in [-0.2, -0.15) is 0 Å². The Morgan fingerprint density at radius 3 is 2.53 bits per heavy atom. The van der Waals surface area contributed by atoms with E-state index < -0.39 is 0 Å². The van der Waals surface area contributed by atoms with Gasteiger partial charge in [-0.25, -0.2) is 0 Å². The standard InChI is InChI=1S/C12H22N2O/c1-4-14-10(15)7-9(13)11(14)12(5-6-12)8(2)3/h8-9,11H,4-7,13H2,1-3H3. The van der Waals surface area contributed by atoms with Crippen molar-refractivity contribution in [1.29, 1.82) is 0 Å². The molecule has 2 rings (SSSR count). The van der Waals surface area contributed by atoms with Crippen LogP contribution in [-0.4, -0.2) is 29.4 Å². The summed E-state index contributed by atoms with van der Waals surface area (Å²) in [4.78, 5) is 13.8. The number of carbonyl (C=O) groups is 1. The Bertz CT molecular complexity index is 271. The smallest absolute Gasteiger partial charge is 0.224 e. The Balaban J connectivity index is 2.23. The van der Waals surface area contributed by atoms with Gasteiger partial charge in [-0.1, -0.05) is 13.8 Å². The largest absolute Gasteiger partial charge is 0.338 e. The first-order chi connectivity index (χ1) is 7.03. The SMILES string of the molecule is CCN1C(=O)CC(N)C1C1(C(C)C)CC1. The number of hydrogen-bond donors (Lipinski definition) is 1. The lowest BCUT2D eigenvalue weighted by Gasteiger charge is -2.36. The highest BCUT2D eigenvalue weighted by atomic mass is 16.2. The van der Waals surface area contributed by atoms with Crippen LogP contribution in [0.4, 0.5) is 0 Å². The summed E-state index contributed by atoms with van der Waals surface area (Å²) >= 11 is 0. The highest BCUT2D eigenvalue weighted by molar-refractivity contribution is 5.80. The van der Waals surface area contributed by atoms with Crippen molar-refractivity contribution in [2.24, 2.45) is 17.1 Å². The molecule has 0 aromatic heterocycles. The molecule has 1 aliphatic heterocycles. The van der Waals surface area contributed by atoms with Crippen LogP contribution >= 0.6 is 0 Å². The first kappa shape index (κ1) is 10.9. The second-order valence-electron chi connectivity index (χ2n) is 5.38. The van der Waals surface area contributed by atoms with E-state index in [9.17, 15) is 4.79 Å². The Hall–Kier alpha value is -0.570. The Labute approximate surface area is 92.0 Å². The van der Waals surface area contributed by atoms with Crippen molar-refractivity contribution in [2.45, 2.75) is 52.1 Å². The van der Waals surface area contributed by atoms with Crippen LogP contribution in [0.5, 0.6) is 0 Å². The molecular formula is C12H22N2O. The van der Waals surface area contributed by atoms with Gasteiger partial charge in [0.05, 0.1) is 6.04 Å². The van der Waals surface area contributed by atoms with Crippen molar-refractivity contribution in [1.82, 2.24) is 4.90 Å². The summed E-state index contributed by atoms with van der Waals surface area (Å²) in [5.74, 6) is 0.885. The minimum atomic E-state index is 0.0577. The Kier molecular flexibility index (Phi) is 2.53. The van der Waals surface area contributed by atoms with E-state index in [1.54, 1.807) is 0 Å². The molecule has 1 saturated heterocycles. The van der Waals surface area contributed by atoms with Crippen LogP contribution in [0.2, 0.25) is 0 Å². The number of nitrogens with two attached hydrogens (primary N) is 1. The maximum absolute atomic E-state index is 11.8. The highest BCUT2D eigenvalue weighted by Gasteiger charge is 2.58. The van der Waals surface area contributed by atoms with Gasteiger partial charge in [-0.15, -0.1) is 0 Å². The number of nitrogens with zero attached hydrogens (tertiary/aromatic N) is 1. The molecular weight excluding hydrogens is 188 g/mol. The molecule has 2 unspecified atom stereocenters. The first-order valence-corrected chi connectivity index (χ1v) is 6.08. The molecule has 0 bridgehead atoms. The summed E-state index contributed by atoms with van der Waals surface area (Å²) in [6, 6.07) is 0.359. The van der Waals surface area contributed by atoms with Crippen LogP contribution in [-0.2, 0) is 4.79 Å². The zero-order valence-corrected chi connectivity index (χ0v) is 9.99. The zero-order valence-electron chi connectivity index (χ0n) is 9.99. The van der Waals surface area contributed by atoms with E-state index in [0.717, 1.165) is 6.54 Å². The van der Waals surface area contributed by atoms with Gasteiger partial charge in [0.25, 0.3) is 0 Å². The fourth-order valence-electron chi connectivity index (χ4n) is 3.29. The van der Waals surface area contributed by atoms with Crippen molar-refractivity contribution < 1.29 is 4.79 Å². The summed E-state index contributed by atoms with van der Waals surface area (Å²) in [6.45, 7) is 7.39. The average molecular weight is 210 g/mol. The minimum absolute atomic E-state index is 0.0577. The molecule has 1 aliphatic carbocycles. The van der Waals surface area contributed by atoms with Gasteiger partial charge in [-0.3, -0.25) is 4.79 Å². The molecule has 0 spiro atoms. The molecule has 15 heavy (non-hydrogen) atoms. The predicted molar refractivity (Wildman–Crippen MR) is 60.3 cm³/mol. The van der Waals surface area contributed by atoms with Crippen LogP contribution in [0.3, 0.4) is 0 Å². The van der Waals surface area contributed by atoms with E-state index in [-0.39, 0.29) is 11.9 Å². The molecule has 3 nitrogen and oxygen atoms in total. The van der Waals surface area contributed by atoms with Crippen LogP contribution < -0.4 is 5.73 Å². The molecule has 0 aromatic rings. The summed E-state index contributed by atoms with van der Waals surface area (Å²) < 4.78 is 0. The number of likely N-dealkylation sites (tertiary alicyclic amines) is 1. The fourth-order valence-corrected chi connectivity index (χ4v) is 3.29. The maximum atomic E-state index is 11.8. The molecule has 3 heteroatoms. The molecule has 2 aliphatic rings. The van der Waals surface area contributed by atoms with Gasteiger partial charge in [0.15, 0.2) is 0 Å². The summed E-state index contributed by atoms with van der Waals surface area (Å²) in [5.41, 5.74) is 6.47. The molecule has 2 atom stereocenters. The van der Waals surface area contributed by atoms with Crippen LogP contribution in [0.25, 0.3) is 0 Å². The molecule has 0 radical (unpaired) electrons. The lowest BCUT2D eigenvalue weighted by molar-refractivity contribution is -0.129. The van der Waals surface area contributed by atoms with E-state index in [1.165, 1.54) is 12.8 Å². The molecule has 2 N–H and O–H groups in total. The zero-order chi connectivity index (χ0) is 11.2. The third-order valence-corrected chi connectivity index (χ3v) is 4.38. The molecule has 1 saturated carbocycles. The molecule has 2 fully saturated rings. The summed E-state index contributed by atoms with van der Waals surface area (Å²) in [6.07, 6.45) is 3.03. The van der Waals surface area contributed by atoms with Crippen LogP contribution in [0.1, 0.15) is 40.0 Å². The van der Waals surface area contributed by atoms with E-state index in [2.05, 4.69) is 20.8 Å². The van der Waals surface area contributed by atoms with Gasteiger partial charge >= 0.3 is 0 Å². The average Bonchev–Trinajstić information content (AvgIpc) is 2.89. The van der Waals surface area contributed by atoms with E-state index >= 15 is 0 Å². The van der Waals surface area contributed by atoms with Crippen molar-refractivity contribution in [3.63, 3.8) is 0 Å². The molecule has 86 valence electrons. The quantitative estimate of drug-likeness (QED) is 0.764. The second-order valence-corrected chi connectivity index (χ2v) is 5.38. The second kappa shape index (κ2) is 3.48. The highest BCUT2D eigenvalue weighted by Crippen LogP contribution is 2.58. The van der Waals surface area contributed by atoms with Crippen molar-refractivity contribution in [3.8, 4) is 0 Å². The third kappa shape index (κ3) is 1.48. The lowest BCUT2D eigenvalue weighted by Crippen LogP contribution is -2.48. The van der Waals surface area contributed by atoms with E-state index in [4.69, 9.17) is 5.73 Å². The number of rotatable bonds is 3. The number of hydrogen-bond acceptors (Lipinski definition) is 2. The monoisotopic (exact) mass is 210 g/mol. The third-order valence-electron chi connectivity index (χ3n) is 4.38. The first-order valence-electron chi connectivity index (χ1n) is 6.08. The minimum Gasteiger partial charge on any atom is -0.338 e. The van der Waals surface area contributed by atoms with Gasteiger partial charge in [-0.05, 0) is 31.1 Å². The lowest BCUT2D eigenvalue weighted by atomic mass is 9.81. The van der Waals surface area contributed by atoms with Gasteiger partial charge in [0.1, 0.15) is 0 Å². The van der Waals surface area contributed by atoms with Crippen molar-refractivity contribution >= 4 is 5.91 Å². The number of likely N-dealkylation sites (N-methyl/N-ethyl adjacent to an activating group) is 1. The van der Waals surface area contributed by atoms with E-state index in [1.807, 2.05) is 4.90 Å². The molecule has 1 heterocycles.